The van der Waals surface area contributed by atoms with Crippen LogP contribution < -0.4 is 0 Å². The monoisotopic (exact) mass is 167 g/mol. The second-order valence-corrected chi connectivity index (χ2v) is 1.81. The summed E-state index contributed by atoms with van der Waals surface area (Å²) in [6.07, 6.45) is 0.455. The number of rotatable bonds is 2. The van der Waals surface area contributed by atoms with Gasteiger partial charge in [-0.15, -0.1) is 0 Å². The number of esters is 1. The highest BCUT2D eigenvalue weighted by Gasteiger charge is 1.93. The standard InChI is InChI=1S/C4H7BrO2/c1-7-4(6)2-3-5/h2-3H2,1H3/i4+1. The molecule has 2 nitrogen and oxygen atoms in total. The molecule has 0 fully saturated rings. The number of ether oxygens (including phenoxy) is 1. The van der Waals surface area contributed by atoms with E-state index in [-0.39, 0.29) is 5.97 Å². The van der Waals surface area contributed by atoms with Crippen molar-refractivity contribution in [3.8, 4) is 0 Å². The minimum absolute atomic E-state index is 0.170. The molecule has 0 unspecified atom stereocenters. The summed E-state index contributed by atoms with van der Waals surface area (Å²) in [6, 6.07) is 0. The van der Waals surface area contributed by atoms with Crippen LogP contribution in [0.5, 0.6) is 0 Å². The van der Waals surface area contributed by atoms with Gasteiger partial charge >= 0.3 is 5.97 Å². The molecule has 0 saturated heterocycles. The number of halogens is 1. The highest BCUT2D eigenvalue weighted by Crippen LogP contribution is 1.88. The Labute approximate surface area is 51.0 Å². The number of methoxy groups -OCH3 is 1. The normalized spacial score (nSPS) is 8.29. The molecule has 0 rings (SSSR count). The van der Waals surface area contributed by atoms with Gasteiger partial charge in [0.05, 0.1) is 13.5 Å². The summed E-state index contributed by atoms with van der Waals surface area (Å²) in [6.45, 7) is 0. The van der Waals surface area contributed by atoms with E-state index in [1.165, 1.54) is 7.11 Å². The SMILES string of the molecule is CO[13C](=O)CCBr. The van der Waals surface area contributed by atoms with Crippen LogP contribution in [0.15, 0.2) is 0 Å². The Hall–Kier alpha value is -0.0500. The molecule has 0 amide bonds. The maximum absolute atomic E-state index is 10.2. The van der Waals surface area contributed by atoms with E-state index in [0.29, 0.717) is 11.8 Å². The fourth-order valence-electron chi connectivity index (χ4n) is 0.179. The Balaban J connectivity index is 3.00. The maximum Gasteiger partial charge on any atom is 0.306 e. The lowest BCUT2D eigenvalue weighted by Crippen LogP contribution is -1.99. The number of carbonyl (C=O) groups is 1. The van der Waals surface area contributed by atoms with Crippen molar-refractivity contribution in [2.75, 3.05) is 12.4 Å². The molecule has 0 saturated carbocycles. The van der Waals surface area contributed by atoms with E-state index in [1.54, 1.807) is 0 Å². The molecule has 42 valence electrons. The van der Waals surface area contributed by atoms with Gasteiger partial charge < -0.3 is 4.74 Å². The van der Waals surface area contributed by atoms with Gasteiger partial charge in [-0.1, -0.05) is 15.9 Å². The van der Waals surface area contributed by atoms with Crippen molar-refractivity contribution in [1.29, 1.82) is 0 Å². The predicted octanol–water partition coefficient (Wildman–Crippen LogP) is 0.944. The molecular formula is C4H7BrO2. The molecule has 0 aliphatic rings. The smallest absolute Gasteiger partial charge is 0.306 e. The highest BCUT2D eigenvalue weighted by atomic mass is 79.9. The van der Waals surface area contributed by atoms with Gasteiger partial charge in [0, 0.05) is 5.33 Å². The molecule has 0 aromatic heterocycles. The summed E-state index contributed by atoms with van der Waals surface area (Å²) in [5.41, 5.74) is 0. The van der Waals surface area contributed by atoms with Gasteiger partial charge in [0.2, 0.25) is 0 Å². The van der Waals surface area contributed by atoms with Crippen LogP contribution in [-0.4, -0.2) is 18.4 Å². The second-order valence-electron chi connectivity index (χ2n) is 1.02. The minimum atomic E-state index is -0.170. The van der Waals surface area contributed by atoms with Crippen molar-refractivity contribution >= 4 is 21.9 Å². The number of carbonyl (C=O) groups excluding carboxylic acids is 1. The summed E-state index contributed by atoms with van der Waals surface area (Å²) in [7, 11) is 1.38. The molecule has 0 radical (unpaired) electrons. The number of alkyl halides is 1. The topological polar surface area (TPSA) is 26.3 Å². The van der Waals surface area contributed by atoms with Crippen LogP contribution in [0.25, 0.3) is 0 Å². The second kappa shape index (κ2) is 4.12. The van der Waals surface area contributed by atoms with Crippen molar-refractivity contribution in [2.24, 2.45) is 0 Å². The summed E-state index contributed by atoms with van der Waals surface area (Å²) in [5.74, 6) is -0.170. The molecular weight excluding hydrogens is 161 g/mol. The first kappa shape index (κ1) is 6.95. The van der Waals surface area contributed by atoms with Crippen LogP contribution in [0.2, 0.25) is 0 Å². The third-order valence-electron chi connectivity index (χ3n) is 0.526. The maximum atomic E-state index is 10.2. The first-order valence-corrected chi connectivity index (χ1v) is 3.06. The van der Waals surface area contributed by atoms with E-state index >= 15 is 0 Å². The van der Waals surface area contributed by atoms with Crippen molar-refractivity contribution < 1.29 is 9.53 Å². The Morgan fingerprint density at radius 1 is 1.86 bits per heavy atom. The molecule has 0 N–H and O–H groups in total. The first-order chi connectivity index (χ1) is 3.31. The largest absolute Gasteiger partial charge is 0.469 e. The van der Waals surface area contributed by atoms with Crippen LogP contribution in [0.3, 0.4) is 0 Å². The molecule has 0 spiro atoms. The molecule has 0 aliphatic heterocycles. The van der Waals surface area contributed by atoms with Gasteiger partial charge in [0.25, 0.3) is 0 Å². The molecule has 0 bridgehead atoms. The van der Waals surface area contributed by atoms with E-state index in [1.807, 2.05) is 0 Å². The van der Waals surface area contributed by atoms with Crippen LogP contribution in [0, 0.1) is 0 Å². The van der Waals surface area contributed by atoms with E-state index in [0.717, 1.165) is 0 Å². The van der Waals surface area contributed by atoms with Crippen LogP contribution in [-0.2, 0) is 9.53 Å². The van der Waals surface area contributed by atoms with Crippen LogP contribution >= 0.6 is 15.9 Å². The fourth-order valence-corrected chi connectivity index (χ4v) is 0.503. The zero-order valence-corrected chi connectivity index (χ0v) is 5.69. The Kier molecular flexibility index (Phi) is 4.09. The van der Waals surface area contributed by atoms with E-state index < -0.39 is 0 Å². The minimum Gasteiger partial charge on any atom is -0.469 e. The highest BCUT2D eigenvalue weighted by molar-refractivity contribution is 9.09. The Bertz CT molecular complexity index is 62.7. The molecule has 3 heteroatoms. The van der Waals surface area contributed by atoms with Crippen LogP contribution in [0.4, 0.5) is 0 Å². The zero-order chi connectivity index (χ0) is 5.70. The van der Waals surface area contributed by atoms with Gasteiger partial charge in [0.15, 0.2) is 0 Å². The van der Waals surface area contributed by atoms with Gasteiger partial charge in [0.1, 0.15) is 0 Å². The first-order valence-electron chi connectivity index (χ1n) is 1.94. The third kappa shape index (κ3) is 3.79. The lowest BCUT2D eigenvalue weighted by atomic mass is 10.7. The van der Waals surface area contributed by atoms with Crippen LogP contribution in [0.1, 0.15) is 6.42 Å². The average molecular weight is 168 g/mol. The summed E-state index contributed by atoms with van der Waals surface area (Å²) in [5, 5.41) is 0.680. The summed E-state index contributed by atoms with van der Waals surface area (Å²) >= 11 is 3.09. The van der Waals surface area contributed by atoms with E-state index in [9.17, 15) is 4.79 Å². The number of hydrogen-bond acceptors (Lipinski definition) is 2. The molecule has 0 aliphatic carbocycles. The van der Waals surface area contributed by atoms with E-state index in [4.69, 9.17) is 0 Å². The Morgan fingerprint density at radius 2 is 2.43 bits per heavy atom. The molecule has 0 aromatic carbocycles. The quantitative estimate of drug-likeness (QED) is 0.348. The van der Waals surface area contributed by atoms with Crippen molar-refractivity contribution in [3.63, 3.8) is 0 Å². The Morgan fingerprint density at radius 3 is 2.57 bits per heavy atom. The molecule has 0 heterocycles. The van der Waals surface area contributed by atoms with Gasteiger partial charge in [-0.3, -0.25) is 4.79 Å². The fraction of sp³-hybridized carbons (Fsp3) is 0.750. The summed E-state index contributed by atoms with van der Waals surface area (Å²) in [4.78, 5) is 10.2. The van der Waals surface area contributed by atoms with Gasteiger partial charge in [-0.25, -0.2) is 0 Å². The lowest BCUT2D eigenvalue weighted by molar-refractivity contribution is -0.140. The van der Waals surface area contributed by atoms with Crippen molar-refractivity contribution in [2.45, 2.75) is 6.42 Å². The zero-order valence-electron chi connectivity index (χ0n) is 4.11. The average Bonchev–Trinajstić information content (AvgIpc) is 1.68. The third-order valence-corrected chi connectivity index (χ3v) is 0.923. The van der Waals surface area contributed by atoms with Gasteiger partial charge in [-0.05, 0) is 0 Å². The molecule has 0 aromatic rings. The predicted molar refractivity (Wildman–Crippen MR) is 30.4 cm³/mol. The lowest BCUT2D eigenvalue weighted by Gasteiger charge is -1.90. The van der Waals surface area contributed by atoms with E-state index in [2.05, 4.69) is 20.7 Å². The van der Waals surface area contributed by atoms with Crippen molar-refractivity contribution in [3.05, 3.63) is 0 Å². The number of hydrogen-bond donors (Lipinski definition) is 0. The summed E-state index contributed by atoms with van der Waals surface area (Å²) < 4.78 is 4.32. The molecule has 0 atom stereocenters. The molecule has 7 heavy (non-hydrogen) atoms. The van der Waals surface area contributed by atoms with Crippen molar-refractivity contribution in [1.82, 2.24) is 0 Å². The van der Waals surface area contributed by atoms with Gasteiger partial charge in [-0.2, -0.15) is 0 Å².